The van der Waals surface area contributed by atoms with E-state index in [-0.39, 0.29) is 5.82 Å². The van der Waals surface area contributed by atoms with Crippen LogP contribution in [0.4, 0.5) is 0 Å². The van der Waals surface area contributed by atoms with Crippen molar-refractivity contribution in [1.82, 2.24) is 25.8 Å². The molecule has 0 aliphatic rings. The smallest absolute Gasteiger partial charge is 0.278 e. The summed E-state index contributed by atoms with van der Waals surface area (Å²) in [5, 5.41) is 15.3. The highest BCUT2D eigenvalue weighted by Gasteiger charge is 1.90. The van der Waals surface area contributed by atoms with E-state index in [4.69, 9.17) is 0 Å². The van der Waals surface area contributed by atoms with Crippen LogP contribution < -0.4 is 0 Å². The van der Waals surface area contributed by atoms with Crippen LogP contribution in [-0.4, -0.2) is 32.1 Å². The molecule has 0 saturated heterocycles. The fourth-order valence-electron chi connectivity index (χ4n) is 0.203. The van der Waals surface area contributed by atoms with Crippen LogP contribution in [0, 0.1) is 0 Å². The minimum atomic E-state index is -0.181. The summed E-state index contributed by atoms with van der Waals surface area (Å²) in [4.78, 5) is 9.65. The van der Waals surface area contributed by atoms with Gasteiger partial charge >= 0.3 is 0 Å². The van der Waals surface area contributed by atoms with Gasteiger partial charge in [0.2, 0.25) is 0 Å². The number of rotatable bonds is 1. The predicted molar refractivity (Wildman–Crippen MR) is 20.2 cm³/mol. The highest BCUT2D eigenvalue weighted by atomic mass is 16.1. The summed E-state index contributed by atoms with van der Waals surface area (Å²) in [5.74, 6) is -0.181. The van der Waals surface area contributed by atoms with E-state index >= 15 is 0 Å². The van der Waals surface area contributed by atoms with Crippen LogP contribution in [0.1, 0.15) is 5.82 Å². The lowest BCUT2D eigenvalue weighted by Crippen LogP contribution is -2.00. The van der Waals surface area contributed by atoms with Crippen molar-refractivity contribution < 1.29 is 4.79 Å². The van der Waals surface area contributed by atoms with E-state index in [1.807, 2.05) is 0 Å². The molecule has 0 unspecified atom stereocenters. The summed E-state index contributed by atoms with van der Waals surface area (Å²) in [7, 11) is 0. The van der Waals surface area contributed by atoms with Crippen molar-refractivity contribution >= 4 is 6.29 Å². The number of carbonyl (C=O) groups excluding carboxylic acids is 1. The van der Waals surface area contributed by atoms with Crippen LogP contribution in [0.5, 0.6) is 0 Å². The summed E-state index contributed by atoms with van der Waals surface area (Å²) < 4.78 is 0. The Morgan fingerprint density at radius 2 is 1.75 bits per heavy atom. The van der Waals surface area contributed by atoms with Gasteiger partial charge in [-0.05, 0) is 15.6 Å². The Kier molecular flexibility index (Phi) is 1.18. The number of hydrogen-bond donors (Lipinski definition) is 0. The fraction of sp³-hybridized carbons (Fsp3) is 0. The monoisotopic (exact) mass is 110 g/mol. The van der Waals surface area contributed by atoms with Crippen LogP contribution in [-0.2, 0) is 4.79 Å². The molecule has 0 aliphatic carbocycles. The van der Waals surface area contributed by atoms with Crippen molar-refractivity contribution in [2.24, 2.45) is 0 Å². The molecular formula is C2N5O. The van der Waals surface area contributed by atoms with Gasteiger partial charge in [-0.25, -0.2) is 0 Å². The first-order valence-corrected chi connectivity index (χ1v) is 1.70. The second-order valence-corrected chi connectivity index (χ2v) is 0.894. The van der Waals surface area contributed by atoms with Crippen molar-refractivity contribution in [3.05, 3.63) is 5.82 Å². The standard InChI is InChI=1S/C2N5O/c8-1-2-3-5-7-6-4-2. The summed E-state index contributed by atoms with van der Waals surface area (Å²) in [6.07, 6.45) is 1.39. The molecule has 0 spiro atoms. The largest absolute Gasteiger partial charge is 0.281 e. The third kappa shape index (κ3) is 0.780. The maximum absolute atomic E-state index is 9.65. The van der Waals surface area contributed by atoms with Gasteiger partial charge in [-0.2, -0.15) is 0 Å². The summed E-state index contributed by atoms with van der Waals surface area (Å²) in [6.45, 7) is 0. The second kappa shape index (κ2) is 2.01. The van der Waals surface area contributed by atoms with Crippen LogP contribution >= 0.6 is 0 Å². The maximum atomic E-state index is 9.65. The van der Waals surface area contributed by atoms with E-state index in [1.54, 1.807) is 0 Å². The molecule has 39 valence electrons. The van der Waals surface area contributed by atoms with E-state index in [0.717, 1.165) is 0 Å². The van der Waals surface area contributed by atoms with E-state index in [1.165, 1.54) is 6.29 Å². The normalized spacial score (nSPS) is 8.50. The minimum Gasteiger partial charge on any atom is -0.281 e. The van der Waals surface area contributed by atoms with Crippen molar-refractivity contribution in [1.29, 1.82) is 0 Å². The van der Waals surface area contributed by atoms with Crippen LogP contribution in [0.25, 0.3) is 0 Å². The molecule has 0 aromatic carbocycles. The Bertz CT molecular complexity index is 173. The van der Waals surface area contributed by atoms with Crippen LogP contribution in [0.3, 0.4) is 0 Å². The van der Waals surface area contributed by atoms with Gasteiger partial charge in [0.25, 0.3) is 12.1 Å². The minimum absolute atomic E-state index is 0.181. The molecule has 1 rings (SSSR count). The van der Waals surface area contributed by atoms with E-state index in [2.05, 4.69) is 25.8 Å². The van der Waals surface area contributed by atoms with Gasteiger partial charge in [-0.15, -0.1) is 10.2 Å². The Labute approximate surface area is 43.9 Å². The Hall–Kier alpha value is -1.46. The zero-order valence-corrected chi connectivity index (χ0v) is 3.64. The molecule has 1 aromatic rings. The third-order valence-electron chi connectivity index (χ3n) is 0.450. The molecule has 0 saturated carbocycles. The molecule has 0 amide bonds. The maximum Gasteiger partial charge on any atom is 0.278 e. The molecule has 1 aromatic heterocycles. The number of hydrogen-bond acceptors (Lipinski definition) is 6. The van der Waals surface area contributed by atoms with E-state index in [0.29, 0.717) is 0 Å². The summed E-state index contributed by atoms with van der Waals surface area (Å²) >= 11 is 0. The first-order valence-electron chi connectivity index (χ1n) is 1.70. The molecule has 0 bridgehead atoms. The fourth-order valence-corrected chi connectivity index (χ4v) is 0.203. The average molecular weight is 110 g/mol. The molecule has 1 radical (unpaired) electrons. The van der Waals surface area contributed by atoms with Gasteiger partial charge in [0.15, 0.2) is 0 Å². The third-order valence-corrected chi connectivity index (χ3v) is 0.450. The quantitative estimate of drug-likeness (QED) is 0.420. The number of nitrogens with zero attached hydrogens (tertiary/aromatic N) is 5. The average Bonchev–Trinajstić information content (AvgIpc) is 1.90. The molecule has 0 aliphatic heterocycles. The first-order chi connectivity index (χ1) is 3.93. The molecule has 6 heteroatoms. The zero-order chi connectivity index (χ0) is 5.82. The molecule has 1 heterocycles. The molecular weight excluding hydrogens is 110 g/mol. The summed E-state index contributed by atoms with van der Waals surface area (Å²) in [5.41, 5.74) is 0. The Morgan fingerprint density at radius 3 is 2.12 bits per heavy atom. The van der Waals surface area contributed by atoms with Gasteiger partial charge in [0, 0.05) is 0 Å². The van der Waals surface area contributed by atoms with E-state index in [9.17, 15) is 4.79 Å². The van der Waals surface area contributed by atoms with Crippen molar-refractivity contribution in [2.45, 2.75) is 0 Å². The van der Waals surface area contributed by atoms with Gasteiger partial charge in [0.05, 0.1) is 0 Å². The Morgan fingerprint density at radius 1 is 1.12 bits per heavy atom. The van der Waals surface area contributed by atoms with Gasteiger partial charge in [-0.1, -0.05) is 0 Å². The zero-order valence-electron chi connectivity index (χ0n) is 3.64. The molecule has 8 heavy (non-hydrogen) atoms. The first kappa shape index (κ1) is 4.69. The highest BCUT2D eigenvalue weighted by molar-refractivity contribution is 5.68. The topological polar surface area (TPSA) is 81.5 Å². The van der Waals surface area contributed by atoms with Crippen molar-refractivity contribution in [3.63, 3.8) is 0 Å². The lowest BCUT2D eigenvalue weighted by Gasteiger charge is -1.75. The Balaban J connectivity index is 2.99. The predicted octanol–water partition coefficient (Wildman–Crippen LogP) is -1.88. The number of aromatic nitrogens is 5. The van der Waals surface area contributed by atoms with E-state index < -0.39 is 0 Å². The lowest BCUT2D eigenvalue weighted by atomic mass is 10.7. The lowest BCUT2D eigenvalue weighted by molar-refractivity contribution is 0.553. The van der Waals surface area contributed by atoms with Crippen LogP contribution in [0.2, 0.25) is 0 Å². The molecule has 0 N–H and O–H groups in total. The molecule has 0 atom stereocenters. The second-order valence-electron chi connectivity index (χ2n) is 0.894. The SMILES string of the molecule is O=[C]c1nnnnn1. The highest BCUT2D eigenvalue weighted by Crippen LogP contribution is 1.66. The van der Waals surface area contributed by atoms with Gasteiger partial charge < -0.3 is 0 Å². The van der Waals surface area contributed by atoms with Crippen molar-refractivity contribution in [2.75, 3.05) is 0 Å². The van der Waals surface area contributed by atoms with Gasteiger partial charge in [0.1, 0.15) is 0 Å². The van der Waals surface area contributed by atoms with Crippen LogP contribution in [0.15, 0.2) is 0 Å². The van der Waals surface area contributed by atoms with Gasteiger partial charge in [-0.3, -0.25) is 4.79 Å². The molecule has 6 nitrogen and oxygen atoms in total. The summed E-state index contributed by atoms with van der Waals surface area (Å²) in [6, 6.07) is 0. The van der Waals surface area contributed by atoms with Crippen molar-refractivity contribution in [3.8, 4) is 0 Å². The molecule has 0 fully saturated rings.